The van der Waals surface area contributed by atoms with Crippen LogP contribution in [0.1, 0.15) is 105 Å². The summed E-state index contributed by atoms with van der Waals surface area (Å²) in [5.41, 5.74) is 76.1. The van der Waals surface area contributed by atoms with Gasteiger partial charge in [0.25, 0.3) is 0 Å². The number of hydrogen-bond donors (Lipinski definition) is 10. The first-order chi connectivity index (χ1) is 40.7. The summed E-state index contributed by atoms with van der Waals surface area (Å²) in [5.74, 6) is 3.50. The summed E-state index contributed by atoms with van der Waals surface area (Å²) >= 11 is 3.25. The van der Waals surface area contributed by atoms with Gasteiger partial charge in [-0.15, -0.1) is 11.3 Å². The number of nitrogens with zero attached hydrogens (tertiary/aromatic N) is 10. The summed E-state index contributed by atoms with van der Waals surface area (Å²) in [7, 11) is 0. The first-order valence-corrected chi connectivity index (χ1v) is 29.9. The fraction of sp³-hybridized carbons (Fsp3) is 0.270. The average molecular weight is 1180 g/mol. The highest BCUT2D eigenvalue weighted by molar-refractivity contribution is 7.13. The lowest BCUT2D eigenvalue weighted by Gasteiger charge is -2.13. The average Bonchev–Trinajstić information content (AvgIpc) is 4.37. The molecule has 444 valence electrons. The topological polar surface area (TPSA) is 389 Å². The molecule has 0 bridgehead atoms. The Morgan fingerprint density at radius 2 is 0.776 bits per heavy atom. The van der Waals surface area contributed by atoms with Crippen LogP contribution in [0, 0.1) is 27.7 Å². The van der Waals surface area contributed by atoms with Crippen molar-refractivity contribution < 1.29 is 0 Å². The van der Waals surface area contributed by atoms with Crippen LogP contribution in [0.15, 0.2) is 101 Å². The van der Waals surface area contributed by atoms with E-state index in [1.54, 1.807) is 22.7 Å². The number of anilines is 10. The van der Waals surface area contributed by atoms with Crippen LogP contribution in [0.2, 0.25) is 0 Å². The molecule has 0 saturated heterocycles. The van der Waals surface area contributed by atoms with Crippen molar-refractivity contribution in [2.45, 2.75) is 114 Å². The number of aromatic nitrogens is 10. The predicted molar refractivity (Wildman–Crippen MR) is 357 cm³/mol. The lowest BCUT2D eigenvalue weighted by molar-refractivity contribution is 0.880. The Morgan fingerprint density at radius 1 is 0.353 bits per heavy atom. The number of thiophene rings is 2. The summed E-state index contributed by atoms with van der Waals surface area (Å²) in [4.78, 5) is 42.7. The van der Waals surface area contributed by atoms with Crippen molar-refractivity contribution in [2.75, 3.05) is 57.3 Å². The first kappa shape index (κ1) is 64.6. The van der Waals surface area contributed by atoms with Crippen molar-refractivity contribution in [2.24, 2.45) is 0 Å². The lowest BCUT2D eigenvalue weighted by atomic mass is 9.98. The van der Waals surface area contributed by atoms with Crippen LogP contribution < -0.4 is 57.3 Å². The maximum absolute atomic E-state index is 6.05. The molecule has 0 amide bonds. The smallest absolute Gasteiger partial charge is 0.222 e. The van der Waals surface area contributed by atoms with E-state index < -0.39 is 0 Å². The van der Waals surface area contributed by atoms with Crippen LogP contribution in [-0.2, 0) is 32.1 Å². The summed E-state index contributed by atoms with van der Waals surface area (Å²) in [6.45, 7) is 18.6. The third kappa shape index (κ3) is 17.3. The number of nitrogens with two attached hydrogens (primary N) is 10. The zero-order valence-corrected chi connectivity index (χ0v) is 51.7. The largest absolute Gasteiger partial charge is 0.383 e. The molecule has 0 aliphatic rings. The van der Waals surface area contributed by atoms with Gasteiger partial charge in [0.05, 0.1) is 34.0 Å². The van der Waals surface area contributed by atoms with Crippen LogP contribution in [-0.4, -0.2) is 49.8 Å². The standard InChI is InChI=1S/C15H20N4.2C14H18N4.2C10H12N4S/c1-4-5-12-13(14(16)19-15(17)18-12)11-7-9(2)6-10(3)8-11;1-3-6-11-12(13(15)18-14(16)17-11)10-8-5-4-7-9(10)2;1-3-5-11-12(13(15)18-14(16)17-11)10-7-4-6-9(2)8-10;1-2-7-8(6-3-4-15-5-6)9(11)14-10(12)13-7;1-2-6-8(7-4-3-5-15-7)9(11)14-10(12)13-6/h6-8H,4-5H2,1-3H3,(H4,16,17,18,19);4-5,7-8H,3,6H2,1-2H3,(H4,15,16,17,18);4,6-8H,3,5H2,1-2H3,(H4,15,16,17,18);2*3-5H,2H2,1H3,(H4,11,12,13,14). The summed E-state index contributed by atoms with van der Waals surface area (Å²) in [5, 5.41) is 6.04. The predicted octanol–water partition coefficient (Wildman–Crippen LogP) is 11.9. The maximum Gasteiger partial charge on any atom is 0.222 e. The number of benzene rings is 3. The second-order valence-corrected chi connectivity index (χ2v) is 21.7. The van der Waals surface area contributed by atoms with Crippen molar-refractivity contribution in [3.05, 3.63) is 152 Å². The molecule has 0 aliphatic carbocycles. The van der Waals surface area contributed by atoms with Crippen molar-refractivity contribution in [3.63, 3.8) is 0 Å². The molecular formula is C63H80N20S2. The molecule has 3 aromatic carbocycles. The van der Waals surface area contributed by atoms with Crippen molar-refractivity contribution in [3.8, 4) is 54.9 Å². The van der Waals surface area contributed by atoms with Gasteiger partial charge < -0.3 is 57.3 Å². The van der Waals surface area contributed by atoms with Gasteiger partial charge >= 0.3 is 0 Å². The van der Waals surface area contributed by atoms with Gasteiger partial charge in [-0.1, -0.05) is 143 Å². The minimum Gasteiger partial charge on any atom is -0.383 e. The Kier molecular flexibility index (Phi) is 23.3. The third-order valence-corrected chi connectivity index (χ3v) is 14.7. The Labute approximate surface area is 506 Å². The fourth-order valence-corrected chi connectivity index (χ4v) is 11.1. The van der Waals surface area contributed by atoms with Crippen LogP contribution in [0.3, 0.4) is 0 Å². The Hall–Kier alpha value is -9.54. The van der Waals surface area contributed by atoms with Gasteiger partial charge in [0.15, 0.2) is 0 Å². The number of nitrogen functional groups attached to an aromatic ring is 10. The van der Waals surface area contributed by atoms with E-state index in [4.69, 9.17) is 57.3 Å². The van der Waals surface area contributed by atoms with Crippen LogP contribution in [0.4, 0.5) is 58.8 Å². The molecular weight excluding hydrogens is 1100 g/mol. The molecule has 0 aliphatic heterocycles. The van der Waals surface area contributed by atoms with Crippen molar-refractivity contribution in [1.29, 1.82) is 0 Å². The van der Waals surface area contributed by atoms with Crippen molar-refractivity contribution >= 4 is 81.5 Å². The number of rotatable bonds is 13. The zero-order chi connectivity index (χ0) is 61.9. The number of aryl methyl sites for hydroxylation is 9. The summed E-state index contributed by atoms with van der Waals surface area (Å²) in [6, 6.07) is 28.6. The van der Waals surface area contributed by atoms with Gasteiger partial charge in [0.1, 0.15) is 29.1 Å². The lowest BCUT2D eigenvalue weighted by Crippen LogP contribution is -2.07. The molecule has 0 fully saturated rings. The van der Waals surface area contributed by atoms with Gasteiger partial charge in [-0.2, -0.15) is 36.3 Å². The Morgan fingerprint density at radius 3 is 1.21 bits per heavy atom. The molecule has 0 unspecified atom stereocenters. The Bertz CT molecular complexity index is 3700. The van der Waals surface area contributed by atoms with Gasteiger partial charge in [-0.25, -0.2) is 24.9 Å². The Balaban J connectivity index is 0.000000171. The highest BCUT2D eigenvalue weighted by atomic mass is 32.1. The van der Waals surface area contributed by atoms with E-state index in [0.717, 1.165) is 140 Å². The molecule has 85 heavy (non-hydrogen) atoms. The number of hydrogen-bond acceptors (Lipinski definition) is 22. The van der Waals surface area contributed by atoms with E-state index in [0.29, 0.717) is 29.1 Å². The second kappa shape index (κ2) is 30.7. The fourth-order valence-electron chi connectivity index (χ4n) is 9.60. The second-order valence-electron chi connectivity index (χ2n) is 20.0. The summed E-state index contributed by atoms with van der Waals surface area (Å²) < 4.78 is 0. The monoisotopic (exact) mass is 1180 g/mol. The SMILES string of the molecule is CCCc1nc(N)nc(N)c1-c1cc(C)cc(C)c1.CCCc1nc(N)nc(N)c1-c1cccc(C)c1.CCCc1nc(N)nc(N)c1-c1ccccc1C.CCc1nc(N)nc(N)c1-c1cccs1.CCc1nc(N)nc(N)c1-c1ccsc1. The molecule has 20 nitrogen and oxygen atoms in total. The highest BCUT2D eigenvalue weighted by Crippen LogP contribution is 2.35. The molecule has 20 N–H and O–H groups in total. The van der Waals surface area contributed by atoms with E-state index in [2.05, 4.69) is 135 Å². The molecule has 7 aromatic heterocycles. The highest BCUT2D eigenvalue weighted by Gasteiger charge is 2.18. The van der Waals surface area contributed by atoms with Gasteiger partial charge in [-0.05, 0) is 116 Å². The minimum atomic E-state index is 0.239. The quantitative estimate of drug-likeness (QED) is 0.0512. The molecule has 0 radical (unpaired) electrons. The van der Waals surface area contributed by atoms with Gasteiger partial charge in [0.2, 0.25) is 29.7 Å². The van der Waals surface area contributed by atoms with Crippen molar-refractivity contribution in [1.82, 2.24) is 49.8 Å². The minimum absolute atomic E-state index is 0.239. The normalized spacial score (nSPS) is 10.6. The van der Waals surface area contributed by atoms with E-state index in [-0.39, 0.29) is 29.7 Å². The van der Waals surface area contributed by atoms with E-state index >= 15 is 0 Å². The zero-order valence-electron chi connectivity index (χ0n) is 50.0. The molecule has 0 saturated carbocycles. The maximum atomic E-state index is 6.05. The van der Waals surface area contributed by atoms with Crippen LogP contribution in [0.5, 0.6) is 0 Å². The summed E-state index contributed by atoms with van der Waals surface area (Å²) in [6.07, 6.45) is 7.11. The molecule has 10 aromatic rings. The van der Waals surface area contributed by atoms with E-state index in [9.17, 15) is 0 Å². The first-order valence-electron chi connectivity index (χ1n) is 28.1. The molecule has 10 rings (SSSR count). The van der Waals surface area contributed by atoms with Gasteiger partial charge in [0, 0.05) is 27.1 Å². The van der Waals surface area contributed by atoms with Gasteiger partial charge in [-0.3, -0.25) is 0 Å². The van der Waals surface area contributed by atoms with E-state index in [1.165, 1.54) is 16.7 Å². The molecule has 7 heterocycles. The molecule has 0 atom stereocenters. The van der Waals surface area contributed by atoms with Crippen LogP contribution in [0.25, 0.3) is 54.9 Å². The third-order valence-electron chi connectivity index (χ3n) is 13.1. The molecule has 22 heteroatoms. The van der Waals surface area contributed by atoms with Crippen LogP contribution >= 0.6 is 22.7 Å². The molecule has 0 spiro atoms. The van der Waals surface area contributed by atoms with E-state index in [1.807, 2.05) is 78.5 Å².